The van der Waals surface area contributed by atoms with Crippen LogP contribution in [0.5, 0.6) is 0 Å². The molecule has 1 saturated carbocycles. The van der Waals surface area contributed by atoms with Crippen molar-refractivity contribution in [3.63, 3.8) is 0 Å². The van der Waals surface area contributed by atoms with Crippen LogP contribution in [0.3, 0.4) is 0 Å². The van der Waals surface area contributed by atoms with E-state index in [0.29, 0.717) is 23.7 Å². The second-order valence-corrected chi connectivity index (χ2v) is 8.83. The first-order chi connectivity index (χ1) is 12.4. The quantitative estimate of drug-likeness (QED) is 0.714. The molecule has 0 bridgehead atoms. The first kappa shape index (κ1) is 20.1. The van der Waals surface area contributed by atoms with E-state index in [1.54, 1.807) is 14.2 Å². The number of hydrogen-bond donors (Lipinski definition) is 1. The average molecular weight is 365 g/mol. The van der Waals surface area contributed by atoms with Gasteiger partial charge in [-0.05, 0) is 74.3 Å². The minimum atomic E-state index is -0.393. The van der Waals surface area contributed by atoms with E-state index in [0.717, 1.165) is 19.3 Å². The number of allylic oxidation sites excluding steroid dienone is 2. The van der Waals surface area contributed by atoms with Gasteiger partial charge in [0.1, 0.15) is 0 Å². The fourth-order valence-electron chi connectivity index (χ4n) is 5.25. The van der Waals surface area contributed by atoms with Crippen molar-refractivity contribution in [2.45, 2.75) is 72.1 Å². The van der Waals surface area contributed by atoms with Gasteiger partial charge in [-0.2, -0.15) is 0 Å². The molecule has 4 heteroatoms. The normalized spacial score (nSPS) is 40.3. The van der Waals surface area contributed by atoms with E-state index in [2.05, 4.69) is 33.8 Å². The first-order valence-electron chi connectivity index (χ1n) is 10.1. The third-order valence-electron chi connectivity index (χ3n) is 6.66. The van der Waals surface area contributed by atoms with Crippen LogP contribution in [0, 0.1) is 29.6 Å². The summed E-state index contributed by atoms with van der Waals surface area (Å²) >= 11 is 0. The van der Waals surface area contributed by atoms with Crippen LogP contribution in [-0.4, -0.2) is 38.0 Å². The highest BCUT2D eigenvalue weighted by atomic mass is 16.8. The Labute approximate surface area is 158 Å². The summed E-state index contributed by atoms with van der Waals surface area (Å²) in [5, 5.41) is 11.2. The Morgan fingerprint density at radius 1 is 1.19 bits per heavy atom. The molecule has 1 fully saturated rings. The Balaban J connectivity index is 1.95. The topological polar surface area (TPSA) is 47.9 Å². The van der Waals surface area contributed by atoms with Gasteiger partial charge in [0.2, 0.25) is 0 Å². The predicted molar refractivity (Wildman–Crippen MR) is 102 cm³/mol. The fourth-order valence-corrected chi connectivity index (χ4v) is 5.25. The maximum Gasteiger partial charge on any atom is 0.183 e. The number of methoxy groups -OCH3 is 2. The van der Waals surface area contributed by atoms with E-state index >= 15 is 0 Å². The summed E-state index contributed by atoms with van der Waals surface area (Å²) in [6.45, 7) is 8.83. The molecule has 1 aliphatic heterocycles. The third-order valence-corrected chi connectivity index (χ3v) is 6.66. The lowest BCUT2D eigenvalue weighted by Crippen LogP contribution is -2.35. The SMILES string of the molecule is CO[C@H]1O[C@H](OC)C2=C1[C@H]1C[C@H]1[C@H](C)C[C@@H](O)[C@H]2C(C)CCC=C(C)C. The molecular weight excluding hydrogens is 328 g/mol. The highest BCUT2D eigenvalue weighted by molar-refractivity contribution is 5.34. The van der Waals surface area contributed by atoms with Gasteiger partial charge in [0.25, 0.3) is 0 Å². The molecular formula is C22H36O4. The minimum absolute atomic E-state index is 0.0738. The Morgan fingerprint density at radius 3 is 2.46 bits per heavy atom. The van der Waals surface area contributed by atoms with Crippen molar-refractivity contribution in [2.75, 3.05) is 14.2 Å². The number of ether oxygens (including phenoxy) is 3. The molecule has 0 aromatic heterocycles. The van der Waals surface area contributed by atoms with Crippen LogP contribution in [0.2, 0.25) is 0 Å². The first-order valence-corrected chi connectivity index (χ1v) is 10.1. The number of aliphatic hydroxyl groups excluding tert-OH is 1. The molecule has 3 aliphatic rings. The summed E-state index contributed by atoms with van der Waals surface area (Å²) < 4.78 is 17.4. The van der Waals surface area contributed by atoms with Gasteiger partial charge in [-0.3, -0.25) is 0 Å². The van der Waals surface area contributed by atoms with Gasteiger partial charge in [-0.15, -0.1) is 0 Å². The highest BCUT2D eigenvalue weighted by Crippen LogP contribution is 2.58. The minimum Gasteiger partial charge on any atom is -0.392 e. The van der Waals surface area contributed by atoms with Gasteiger partial charge in [0, 0.05) is 20.1 Å². The lowest BCUT2D eigenvalue weighted by atomic mass is 9.73. The largest absolute Gasteiger partial charge is 0.392 e. The van der Waals surface area contributed by atoms with Crippen LogP contribution in [0.1, 0.15) is 53.4 Å². The summed E-state index contributed by atoms with van der Waals surface area (Å²) in [6, 6.07) is 0. The van der Waals surface area contributed by atoms with Crippen molar-refractivity contribution in [3.05, 3.63) is 22.8 Å². The zero-order valence-corrected chi connectivity index (χ0v) is 17.2. The molecule has 0 spiro atoms. The lowest BCUT2D eigenvalue weighted by Gasteiger charge is -2.35. The van der Waals surface area contributed by atoms with E-state index in [9.17, 15) is 5.11 Å². The van der Waals surface area contributed by atoms with Gasteiger partial charge in [-0.1, -0.05) is 25.5 Å². The molecule has 0 radical (unpaired) electrons. The summed E-state index contributed by atoms with van der Waals surface area (Å²) in [5.41, 5.74) is 3.80. The van der Waals surface area contributed by atoms with Crippen molar-refractivity contribution in [2.24, 2.45) is 29.6 Å². The van der Waals surface area contributed by atoms with Crippen LogP contribution in [-0.2, 0) is 14.2 Å². The van der Waals surface area contributed by atoms with Crippen molar-refractivity contribution in [1.82, 2.24) is 0 Å². The van der Waals surface area contributed by atoms with Crippen molar-refractivity contribution < 1.29 is 19.3 Å². The molecule has 4 nitrogen and oxygen atoms in total. The van der Waals surface area contributed by atoms with Crippen molar-refractivity contribution >= 4 is 0 Å². The summed E-state index contributed by atoms with van der Waals surface area (Å²) in [7, 11) is 3.40. The molecule has 0 saturated heterocycles. The molecule has 0 amide bonds. The Bertz CT molecular complexity index is 562. The highest BCUT2D eigenvalue weighted by Gasteiger charge is 2.54. The van der Waals surface area contributed by atoms with Gasteiger partial charge < -0.3 is 19.3 Å². The Hall–Kier alpha value is -0.680. The van der Waals surface area contributed by atoms with Crippen LogP contribution in [0.15, 0.2) is 22.8 Å². The molecule has 0 aromatic carbocycles. The van der Waals surface area contributed by atoms with E-state index in [1.807, 2.05) is 0 Å². The second kappa shape index (κ2) is 8.14. The van der Waals surface area contributed by atoms with E-state index in [1.165, 1.54) is 23.1 Å². The Kier molecular flexibility index (Phi) is 6.28. The molecule has 1 unspecified atom stereocenters. The molecule has 3 rings (SSSR count). The maximum atomic E-state index is 11.2. The fraction of sp³-hybridized carbons (Fsp3) is 0.818. The average Bonchev–Trinajstić information content (AvgIpc) is 3.28. The van der Waals surface area contributed by atoms with E-state index < -0.39 is 6.29 Å². The van der Waals surface area contributed by atoms with Crippen LogP contribution in [0.25, 0.3) is 0 Å². The molecule has 8 atom stereocenters. The number of rotatable bonds is 6. The second-order valence-electron chi connectivity index (χ2n) is 8.83. The van der Waals surface area contributed by atoms with Crippen molar-refractivity contribution in [3.8, 4) is 0 Å². The molecule has 1 heterocycles. The monoisotopic (exact) mass is 364 g/mol. The molecule has 148 valence electrons. The van der Waals surface area contributed by atoms with Crippen molar-refractivity contribution in [1.29, 1.82) is 0 Å². The lowest BCUT2D eigenvalue weighted by molar-refractivity contribution is -0.183. The van der Waals surface area contributed by atoms with Gasteiger partial charge >= 0.3 is 0 Å². The van der Waals surface area contributed by atoms with E-state index in [4.69, 9.17) is 14.2 Å². The molecule has 2 aliphatic carbocycles. The summed E-state index contributed by atoms with van der Waals surface area (Å²) in [4.78, 5) is 0. The zero-order chi connectivity index (χ0) is 19.0. The predicted octanol–water partition coefficient (Wildman–Crippen LogP) is 4.29. The molecule has 1 N–H and O–H groups in total. The van der Waals surface area contributed by atoms with Gasteiger partial charge in [0.15, 0.2) is 12.6 Å². The third kappa shape index (κ3) is 3.80. The van der Waals surface area contributed by atoms with Crippen LogP contribution < -0.4 is 0 Å². The Morgan fingerprint density at radius 2 is 1.85 bits per heavy atom. The smallest absolute Gasteiger partial charge is 0.183 e. The number of aliphatic hydroxyl groups is 1. The maximum absolute atomic E-state index is 11.2. The molecule has 26 heavy (non-hydrogen) atoms. The number of hydrogen-bond acceptors (Lipinski definition) is 4. The molecule has 0 aromatic rings. The number of fused-ring (bicyclic) bond motifs is 2. The summed E-state index contributed by atoms with van der Waals surface area (Å²) in [6.07, 6.45) is 5.37. The van der Waals surface area contributed by atoms with Gasteiger partial charge in [0.05, 0.1) is 6.10 Å². The van der Waals surface area contributed by atoms with Crippen LogP contribution in [0.4, 0.5) is 0 Å². The van der Waals surface area contributed by atoms with Crippen LogP contribution >= 0.6 is 0 Å². The van der Waals surface area contributed by atoms with Gasteiger partial charge in [-0.25, -0.2) is 0 Å². The zero-order valence-electron chi connectivity index (χ0n) is 17.2. The van der Waals surface area contributed by atoms with E-state index in [-0.39, 0.29) is 18.3 Å². The summed E-state index contributed by atoms with van der Waals surface area (Å²) in [5.74, 6) is 2.16. The standard InChI is InChI=1S/C22H36O4/c1-12(2)8-7-9-13(3)18-17(23)10-14(4)15-11-16(15)19-20(18)22(25-6)26-21(19)24-5/h8,13-18,21-23H,7,9-11H2,1-6H3/t13?,14-,15+,16+,17-,18-,21+,22+/m1/s1.